The number of aliphatic carboxylic acids is 1. The molecule has 1 heterocycles. The summed E-state index contributed by atoms with van der Waals surface area (Å²) in [5.74, 6) is -0.782. The molecule has 120 valence electrons. The number of piperidine rings is 1. The second-order valence-corrected chi connectivity index (χ2v) is 5.83. The van der Waals surface area contributed by atoms with Gasteiger partial charge in [0.25, 0.3) is 5.91 Å². The fourth-order valence-corrected chi connectivity index (χ4v) is 2.68. The zero-order valence-electron chi connectivity index (χ0n) is 12.5. The summed E-state index contributed by atoms with van der Waals surface area (Å²) in [7, 11) is 0. The Morgan fingerprint density at radius 2 is 2.05 bits per heavy atom. The lowest BCUT2D eigenvalue weighted by atomic mass is 9.96. The first-order valence-corrected chi connectivity index (χ1v) is 7.85. The summed E-state index contributed by atoms with van der Waals surface area (Å²) >= 11 is 5.99. The van der Waals surface area contributed by atoms with Gasteiger partial charge in [-0.05, 0) is 37.5 Å². The monoisotopic (exact) mass is 325 g/mol. The Balaban J connectivity index is 2.12. The normalized spacial score (nSPS) is 15.6. The maximum absolute atomic E-state index is 12.7. The largest absolute Gasteiger partial charge is 0.493 e. The molecule has 1 aliphatic rings. The number of hydrogen-bond acceptors (Lipinski definition) is 3. The summed E-state index contributed by atoms with van der Waals surface area (Å²) in [4.78, 5) is 25.3. The number of carboxylic acid groups (broad SMARTS) is 1. The molecule has 6 heteroatoms. The van der Waals surface area contributed by atoms with E-state index < -0.39 is 5.97 Å². The standard InChI is InChI=1S/C16H20ClNO4/c1-2-9-22-14-4-3-12(17)10-13(14)15(19)18-7-5-11(6-8-18)16(20)21/h3-4,10-11H,2,5-9H2,1H3,(H,20,21). The molecule has 1 aliphatic heterocycles. The van der Waals surface area contributed by atoms with Crippen molar-refractivity contribution in [3.63, 3.8) is 0 Å². The summed E-state index contributed by atoms with van der Waals surface area (Å²) < 4.78 is 5.61. The van der Waals surface area contributed by atoms with Crippen LogP contribution in [0, 0.1) is 5.92 Å². The van der Waals surface area contributed by atoms with Crippen molar-refractivity contribution in [2.45, 2.75) is 26.2 Å². The minimum absolute atomic E-state index is 0.155. The van der Waals surface area contributed by atoms with Crippen molar-refractivity contribution < 1.29 is 19.4 Å². The van der Waals surface area contributed by atoms with Gasteiger partial charge < -0.3 is 14.7 Å². The summed E-state index contributed by atoms with van der Waals surface area (Å²) in [5, 5.41) is 9.50. The number of benzene rings is 1. The van der Waals surface area contributed by atoms with Crippen LogP contribution in [-0.4, -0.2) is 41.6 Å². The number of likely N-dealkylation sites (tertiary alicyclic amines) is 1. The maximum Gasteiger partial charge on any atom is 0.306 e. The van der Waals surface area contributed by atoms with Crippen LogP contribution >= 0.6 is 11.6 Å². The number of halogens is 1. The van der Waals surface area contributed by atoms with Crippen molar-refractivity contribution in [1.82, 2.24) is 4.90 Å². The zero-order chi connectivity index (χ0) is 16.1. The highest BCUT2D eigenvalue weighted by molar-refractivity contribution is 6.31. The van der Waals surface area contributed by atoms with Gasteiger partial charge in [0.15, 0.2) is 0 Å². The number of amides is 1. The van der Waals surface area contributed by atoms with Gasteiger partial charge in [0.05, 0.1) is 18.1 Å². The van der Waals surface area contributed by atoms with Gasteiger partial charge in [-0.1, -0.05) is 18.5 Å². The maximum atomic E-state index is 12.7. The average Bonchev–Trinajstić information content (AvgIpc) is 2.53. The molecular weight excluding hydrogens is 306 g/mol. The third-order valence-corrected chi connectivity index (χ3v) is 4.00. The minimum Gasteiger partial charge on any atom is -0.493 e. The second kappa shape index (κ2) is 7.49. The highest BCUT2D eigenvalue weighted by Gasteiger charge is 2.28. The number of carboxylic acids is 1. The third kappa shape index (κ3) is 3.91. The van der Waals surface area contributed by atoms with Gasteiger partial charge in [-0.2, -0.15) is 0 Å². The van der Waals surface area contributed by atoms with Crippen molar-refractivity contribution in [1.29, 1.82) is 0 Å². The number of carbonyl (C=O) groups is 2. The number of carbonyl (C=O) groups excluding carboxylic acids is 1. The second-order valence-electron chi connectivity index (χ2n) is 5.39. The van der Waals surface area contributed by atoms with E-state index in [2.05, 4.69) is 0 Å². The molecule has 2 rings (SSSR count). The van der Waals surface area contributed by atoms with Crippen molar-refractivity contribution in [3.05, 3.63) is 28.8 Å². The Morgan fingerprint density at radius 3 is 2.64 bits per heavy atom. The van der Waals surface area contributed by atoms with Crippen LogP contribution in [0.4, 0.5) is 0 Å². The molecule has 22 heavy (non-hydrogen) atoms. The van der Waals surface area contributed by atoms with Crippen LogP contribution in [0.5, 0.6) is 5.75 Å². The first kappa shape index (κ1) is 16.6. The van der Waals surface area contributed by atoms with Gasteiger partial charge in [-0.3, -0.25) is 9.59 Å². The summed E-state index contributed by atoms with van der Waals surface area (Å²) in [5.41, 5.74) is 0.440. The van der Waals surface area contributed by atoms with Crippen LogP contribution in [0.3, 0.4) is 0 Å². The molecule has 5 nitrogen and oxygen atoms in total. The Kier molecular flexibility index (Phi) is 5.66. The predicted octanol–water partition coefficient (Wildman–Crippen LogP) is 3.07. The fraction of sp³-hybridized carbons (Fsp3) is 0.500. The Labute approximate surface area is 134 Å². The molecule has 0 spiro atoms. The van der Waals surface area contributed by atoms with Gasteiger partial charge >= 0.3 is 5.97 Å². The lowest BCUT2D eigenvalue weighted by molar-refractivity contribution is -0.143. The van der Waals surface area contributed by atoms with Gasteiger partial charge in [0.1, 0.15) is 5.75 Å². The van der Waals surface area contributed by atoms with Gasteiger partial charge in [0.2, 0.25) is 0 Å². The molecule has 1 fully saturated rings. The number of ether oxygens (including phenoxy) is 1. The van der Waals surface area contributed by atoms with E-state index in [0.717, 1.165) is 6.42 Å². The van der Waals surface area contributed by atoms with E-state index in [-0.39, 0.29) is 11.8 Å². The molecule has 1 aromatic rings. The summed E-state index contributed by atoms with van der Waals surface area (Å²) in [6.45, 7) is 3.40. The van der Waals surface area contributed by atoms with E-state index in [4.69, 9.17) is 21.4 Å². The molecule has 1 saturated heterocycles. The van der Waals surface area contributed by atoms with Crippen molar-refractivity contribution in [3.8, 4) is 5.75 Å². The van der Waals surface area contributed by atoms with E-state index in [0.29, 0.717) is 48.9 Å². The van der Waals surface area contributed by atoms with Crippen molar-refractivity contribution >= 4 is 23.5 Å². The van der Waals surface area contributed by atoms with Crippen LogP contribution in [0.25, 0.3) is 0 Å². The molecule has 0 aliphatic carbocycles. The minimum atomic E-state index is -0.790. The molecule has 1 N–H and O–H groups in total. The first-order valence-electron chi connectivity index (χ1n) is 7.47. The van der Waals surface area contributed by atoms with Crippen LogP contribution in [0.1, 0.15) is 36.5 Å². The number of nitrogens with zero attached hydrogens (tertiary/aromatic N) is 1. The van der Waals surface area contributed by atoms with Gasteiger partial charge in [-0.15, -0.1) is 0 Å². The Hall–Kier alpha value is -1.75. The number of hydrogen-bond donors (Lipinski definition) is 1. The topological polar surface area (TPSA) is 66.8 Å². The third-order valence-electron chi connectivity index (χ3n) is 3.77. The van der Waals surface area contributed by atoms with E-state index in [9.17, 15) is 9.59 Å². The summed E-state index contributed by atoms with van der Waals surface area (Å²) in [6, 6.07) is 5.01. The molecule has 0 saturated carbocycles. The van der Waals surface area contributed by atoms with Crippen molar-refractivity contribution in [2.24, 2.45) is 5.92 Å². The highest BCUT2D eigenvalue weighted by Crippen LogP contribution is 2.27. The van der Waals surface area contributed by atoms with Crippen LogP contribution in [0.15, 0.2) is 18.2 Å². The quantitative estimate of drug-likeness (QED) is 0.903. The first-order chi connectivity index (χ1) is 10.5. The average molecular weight is 326 g/mol. The highest BCUT2D eigenvalue weighted by atomic mass is 35.5. The molecule has 0 unspecified atom stereocenters. The zero-order valence-corrected chi connectivity index (χ0v) is 13.3. The molecule has 1 aromatic carbocycles. The summed E-state index contributed by atoms with van der Waals surface area (Å²) in [6.07, 6.45) is 1.81. The van der Waals surface area contributed by atoms with E-state index in [1.807, 2.05) is 6.92 Å². The molecular formula is C16H20ClNO4. The van der Waals surface area contributed by atoms with E-state index in [1.165, 1.54) is 0 Å². The Morgan fingerprint density at radius 1 is 1.36 bits per heavy atom. The fourth-order valence-electron chi connectivity index (χ4n) is 2.51. The van der Waals surface area contributed by atoms with Gasteiger partial charge in [0, 0.05) is 18.1 Å². The van der Waals surface area contributed by atoms with Crippen LogP contribution < -0.4 is 4.74 Å². The van der Waals surface area contributed by atoms with Crippen LogP contribution in [0.2, 0.25) is 5.02 Å². The lowest BCUT2D eigenvalue weighted by Crippen LogP contribution is -2.40. The van der Waals surface area contributed by atoms with Crippen molar-refractivity contribution in [2.75, 3.05) is 19.7 Å². The number of rotatable bonds is 5. The Bertz CT molecular complexity index is 553. The molecule has 0 bridgehead atoms. The SMILES string of the molecule is CCCOc1ccc(Cl)cc1C(=O)N1CCC(C(=O)O)CC1. The molecule has 0 radical (unpaired) electrons. The predicted molar refractivity (Wildman–Crippen MR) is 83.5 cm³/mol. The smallest absolute Gasteiger partial charge is 0.306 e. The van der Waals surface area contributed by atoms with Gasteiger partial charge in [-0.25, -0.2) is 0 Å². The lowest BCUT2D eigenvalue weighted by Gasteiger charge is -2.30. The van der Waals surface area contributed by atoms with Crippen LogP contribution in [-0.2, 0) is 4.79 Å². The molecule has 1 amide bonds. The molecule has 0 atom stereocenters. The van der Waals surface area contributed by atoms with E-state index in [1.54, 1.807) is 23.1 Å². The molecule has 0 aromatic heterocycles. The van der Waals surface area contributed by atoms with E-state index >= 15 is 0 Å².